The predicted octanol–water partition coefficient (Wildman–Crippen LogP) is 2.98. The molecule has 0 aliphatic carbocycles. The van der Waals surface area contributed by atoms with E-state index in [2.05, 4.69) is 41.4 Å². The Hall–Kier alpha value is -2.35. The molecule has 1 aromatic carbocycles. The van der Waals surface area contributed by atoms with E-state index in [0.29, 0.717) is 49.3 Å². The van der Waals surface area contributed by atoms with Gasteiger partial charge in [0.05, 0.1) is 13.0 Å². The second kappa shape index (κ2) is 9.91. The fraction of sp³-hybridized carbons (Fsp3) is 0.524. The molecule has 0 spiro atoms. The maximum atomic E-state index is 12.6. The van der Waals surface area contributed by atoms with Crippen LogP contribution in [0.15, 0.2) is 33.7 Å². The normalized spacial score (nSPS) is 15.0. The van der Waals surface area contributed by atoms with Gasteiger partial charge >= 0.3 is 0 Å². The number of amides is 2. The maximum Gasteiger partial charge on any atom is 0.246 e. The van der Waals surface area contributed by atoms with Crippen LogP contribution >= 0.6 is 11.8 Å². The lowest BCUT2D eigenvalue weighted by Gasteiger charge is -2.31. The third-order valence-electron chi connectivity index (χ3n) is 4.85. The minimum Gasteiger partial charge on any atom is -0.347 e. The standard InChI is InChI=1S/C21H28N4O3S/c1-14(2)29-18-6-4-16(5-7-18)12-20(26)25-10-8-17(9-11-25)21(27)22-13-19-23-15(3)24-28-19/h4-7,14,17H,8-13H2,1-3H3,(H,22,27). The molecule has 0 saturated carbocycles. The van der Waals surface area contributed by atoms with Crippen LogP contribution in [-0.2, 0) is 22.6 Å². The van der Waals surface area contributed by atoms with Crippen molar-refractivity contribution in [3.05, 3.63) is 41.5 Å². The summed E-state index contributed by atoms with van der Waals surface area (Å²) < 4.78 is 5.00. The van der Waals surface area contributed by atoms with Crippen LogP contribution in [0, 0.1) is 12.8 Å². The molecule has 1 aromatic heterocycles. The van der Waals surface area contributed by atoms with E-state index >= 15 is 0 Å². The quantitative estimate of drug-likeness (QED) is 0.698. The van der Waals surface area contributed by atoms with Crippen LogP contribution in [0.25, 0.3) is 0 Å². The average Bonchev–Trinajstić information content (AvgIpc) is 3.12. The Balaban J connectivity index is 1.42. The first-order chi connectivity index (χ1) is 13.9. The topological polar surface area (TPSA) is 88.3 Å². The van der Waals surface area contributed by atoms with E-state index in [1.54, 1.807) is 6.92 Å². The van der Waals surface area contributed by atoms with Gasteiger partial charge in [0.2, 0.25) is 17.7 Å². The Bertz CT molecular complexity index is 827. The van der Waals surface area contributed by atoms with E-state index < -0.39 is 0 Å². The number of carbonyl (C=O) groups excluding carboxylic acids is 2. The lowest BCUT2D eigenvalue weighted by molar-refractivity contribution is -0.135. The van der Waals surface area contributed by atoms with Gasteiger partial charge in [-0.15, -0.1) is 11.8 Å². The summed E-state index contributed by atoms with van der Waals surface area (Å²) >= 11 is 1.81. The van der Waals surface area contributed by atoms with Crippen LogP contribution in [0.4, 0.5) is 0 Å². The van der Waals surface area contributed by atoms with Crippen molar-refractivity contribution >= 4 is 23.6 Å². The molecule has 2 aromatic rings. The second-order valence-electron chi connectivity index (χ2n) is 7.60. The largest absolute Gasteiger partial charge is 0.347 e. The van der Waals surface area contributed by atoms with Gasteiger partial charge in [-0.05, 0) is 37.5 Å². The van der Waals surface area contributed by atoms with Crippen molar-refractivity contribution in [3.63, 3.8) is 0 Å². The number of nitrogens with zero attached hydrogens (tertiary/aromatic N) is 3. The Kier molecular flexibility index (Phi) is 7.30. The van der Waals surface area contributed by atoms with Crippen molar-refractivity contribution in [1.82, 2.24) is 20.4 Å². The first-order valence-electron chi connectivity index (χ1n) is 10.0. The fourth-order valence-corrected chi connectivity index (χ4v) is 4.19. The number of thioether (sulfide) groups is 1. The monoisotopic (exact) mass is 416 g/mol. The molecule has 0 atom stereocenters. The number of benzene rings is 1. The molecule has 3 rings (SSSR count). The molecule has 1 saturated heterocycles. The van der Waals surface area contributed by atoms with Gasteiger partial charge in [0.15, 0.2) is 5.82 Å². The summed E-state index contributed by atoms with van der Waals surface area (Å²) in [5.41, 5.74) is 1.03. The zero-order chi connectivity index (χ0) is 20.8. The zero-order valence-electron chi connectivity index (χ0n) is 17.2. The number of rotatable bonds is 7. The van der Waals surface area contributed by atoms with Crippen LogP contribution in [0.3, 0.4) is 0 Å². The molecule has 1 fully saturated rings. The van der Waals surface area contributed by atoms with E-state index in [-0.39, 0.29) is 24.3 Å². The Morgan fingerprint density at radius 1 is 1.24 bits per heavy atom. The number of nitrogens with one attached hydrogen (secondary N) is 1. The summed E-state index contributed by atoms with van der Waals surface area (Å²) in [7, 11) is 0. The average molecular weight is 417 g/mol. The highest BCUT2D eigenvalue weighted by Crippen LogP contribution is 2.23. The number of hydrogen-bond donors (Lipinski definition) is 1. The summed E-state index contributed by atoms with van der Waals surface area (Å²) in [6.07, 6.45) is 1.74. The molecular weight excluding hydrogens is 388 g/mol. The van der Waals surface area contributed by atoms with Gasteiger partial charge in [0.25, 0.3) is 0 Å². The van der Waals surface area contributed by atoms with Crippen molar-refractivity contribution in [2.75, 3.05) is 13.1 Å². The molecule has 0 bridgehead atoms. The number of piperidine rings is 1. The summed E-state index contributed by atoms with van der Waals surface area (Å²) in [6.45, 7) is 7.52. The highest BCUT2D eigenvalue weighted by Gasteiger charge is 2.27. The van der Waals surface area contributed by atoms with Crippen molar-refractivity contribution in [1.29, 1.82) is 0 Å². The van der Waals surface area contributed by atoms with Gasteiger partial charge in [-0.2, -0.15) is 4.98 Å². The third-order valence-corrected chi connectivity index (χ3v) is 5.87. The maximum absolute atomic E-state index is 12.6. The summed E-state index contributed by atoms with van der Waals surface area (Å²) in [5, 5.41) is 7.09. The number of aryl methyl sites for hydroxylation is 1. The van der Waals surface area contributed by atoms with E-state index in [0.717, 1.165) is 5.56 Å². The van der Waals surface area contributed by atoms with Crippen LogP contribution in [0.5, 0.6) is 0 Å². The molecule has 2 heterocycles. The second-order valence-corrected chi connectivity index (χ2v) is 9.25. The summed E-state index contributed by atoms with van der Waals surface area (Å²) in [5.74, 6) is 0.965. The molecule has 1 aliphatic rings. The molecule has 0 unspecified atom stereocenters. The number of aromatic nitrogens is 2. The minimum absolute atomic E-state index is 0.0220. The SMILES string of the molecule is Cc1noc(CNC(=O)C2CCN(C(=O)Cc3ccc(SC(C)C)cc3)CC2)n1. The van der Waals surface area contributed by atoms with E-state index in [1.807, 2.05) is 28.8 Å². The van der Waals surface area contributed by atoms with E-state index in [9.17, 15) is 9.59 Å². The van der Waals surface area contributed by atoms with Gasteiger partial charge < -0.3 is 14.7 Å². The predicted molar refractivity (Wildman–Crippen MR) is 111 cm³/mol. The van der Waals surface area contributed by atoms with Gasteiger partial charge in [0, 0.05) is 29.2 Å². The zero-order valence-corrected chi connectivity index (χ0v) is 18.0. The fourth-order valence-electron chi connectivity index (χ4n) is 3.35. The Labute approximate surface area is 175 Å². The van der Waals surface area contributed by atoms with Crippen LogP contribution < -0.4 is 5.32 Å². The third kappa shape index (κ3) is 6.32. The molecule has 7 nitrogen and oxygen atoms in total. The Morgan fingerprint density at radius 3 is 2.52 bits per heavy atom. The first kappa shape index (κ1) is 21.4. The molecule has 1 aliphatic heterocycles. The highest BCUT2D eigenvalue weighted by atomic mass is 32.2. The van der Waals surface area contributed by atoms with E-state index in [1.165, 1.54) is 4.90 Å². The van der Waals surface area contributed by atoms with Gasteiger partial charge in [-0.3, -0.25) is 9.59 Å². The molecule has 1 N–H and O–H groups in total. The number of hydrogen-bond acceptors (Lipinski definition) is 6. The van der Waals surface area contributed by atoms with Gasteiger partial charge in [-0.25, -0.2) is 0 Å². The first-order valence-corrected chi connectivity index (χ1v) is 10.9. The van der Waals surface area contributed by atoms with Gasteiger partial charge in [-0.1, -0.05) is 31.1 Å². The van der Waals surface area contributed by atoms with Crippen molar-refractivity contribution < 1.29 is 14.1 Å². The smallest absolute Gasteiger partial charge is 0.246 e. The Morgan fingerprint density at radius 2 is 1.93 bits per heavy atom. The summed E-state index contributed by atoms with van der Waals surface area (Å²) in [4.78, 5) is 32.1. The lowest BCUT2D eigenvalue weighted by atomic mass is 9.95. The van der Waals surface area contributed by atoms with Crippen LogP contribution in [0.1, 0.15) is 44.0 Å². The summed E-state index contributed by atoms with van der Waals surface area (Å²) in [6, 6.07) is 8.22. The van der Waals surface area contributed by atoms with Crippen molar-refractivity contribution in [3.8, 4) is 0 Å². The molecule has 29 heavy (non-hydrogen) atoms. The molecule has 0 radical (unpaired) electrons. The minimum atomic E-state index is -0.0876. The van der Waals surface area contributed by atoms with Crippen molar-refractivity contribution in [2.45, 2.75) is 56.7 Å². The molecular formula is C21H28N4O3S. The van der Waals surface area contributed by atoms with Crippen LogP contribution in [0.2, 0.25) is 0 Å². The lowest BCUT2D eigenvalue weighted by Crippen LogP contribution is -2.43. The molecule has 2 amide bonds. The van der Waals surface area contributed by atoms with Gasteiger partial charge in [0.1, 0.15) is 0 Å². The molecule has 156 valence electrons. The molecule has 8 heteroatoms. The number of carbonyl (C=O) groups is 2. The highest BCUT2D eigenvalue weighted by molar-refractivity contribution is 7.99. The van der Waals surface area contributed by atoms with E-state index in [4.69, 9.17) is 4.52 Å². The van der Waals surface area contributed by atoms with Crippen LogP contribution in [-0.4, -0.2) is 45.2 Å². The van der Waals surface area contributed by atoms with Crippen molar-refractivity contribution in [2.24, 2.45) is 5.92 Å². The number of likely N-dealkylation sites (tertiary alicyclic amines) is 1.